The normalized spacial score (nSPS) is 26.8. The molecule has 6 heteroatoms. The zero-order chi connectivity index (χ0) is 13.1. The van der Waals surface area contributed by atoms with Crippen LogP contribution >= 0.6 is 0 Å². The third-order valence-electron chi connectivity index (χ3n) is 3.24. The highest BCUT2D eigenvalue weighted by Crippen LogP contribution is 2.30. The standard InChI is InChI=1S/C11H22N2O3S/c1-8(7-17(2,15)16)13-11(14)10-5-3-4-9(10)6-12/h8-10H,3-7,12H2,1-2H3,(H,13,14)/t8?,9-,10-/m1/s1. The third-order valence-corrected chi connectivity index (χ3v) is 4.35. The summed E-state index contributed by atoms with van der Waals surface area (Å²) in [5, 5.41) is 2.77. The summed E-state index contributed by atoms with van der Waals surface area (Å²) in [6.07, 6.45) is 4.06. The minimum atomic E-state index is -3.05. The highest BCUT2D eigenvalue weighted by molar-refractivity contribution is 7.90. The van der Waals surface area contributed by atoms with Gasteiger partial charge in [0.2, 0.25) is 5.91 Å². The van der Waals surface area contributed by atoms with E-state index in [1.54, 1.807) is 6.92 Å². The van der Waals surface area contributed by atoms with Crippen LogP contribution in [0.1, 0.15) is 26.2 Å². The Kier molecular flexibility index (Phi) is 4.94. The minimum absolute atomic E-state index is 0.0151. The Hall–Kier alpha value is -0.620. The molecule has 0 aromatic rings. The van der Waals surface area contributed by atoms with Crippen molar-refractivity contribution < 1.29 is 13.2 Å². The average molecular weight is 262 g/mol. The van der Waals surface area contributed by atoms with Gasteiger partial charge in [0.05, 0.1) is 5.75 Å². The summed E-state index contributed by atoms with van der Waals surface area (Å²) in [6.45, 7) is 2.24. The van der Waals surface area contributed by atoms with E-state index in [-0.39, 0.29) is 29.5 Å². The van der Waals surface area contributed by atoms with Crippen LogP contribution in [-0.2, 0) is 14.6 Å². The first-order valence-corrected chi connectivity index (χ1v) is 8.07. The molecule has 3 N–H and O–H groups in total. The Morgan fingerprint density at radius 2 is 2.12 bits per heavy atom. The molecule has 1 fully saturated rings. The molecule has 1 aliphatic carbocycles. The summed E-state index contributed by atoms with van der Waals surface area (Å²) in [7, 11) is -3.05. The molecule has 0 aromatic heterocycles. The van der Waals surface area contributed by atoms with Crippen LogP contribution in [0.5, 0.6) is 0 Å². The van der Waals surface area contributed by atoms with Crippen molar-refractivity contribution in [3.63, 3.8) is 0 Å². The van der Waals surface area contributed by atoms with Gasteiger partial charge in [-0.3, -0.25) is 4.79 Å². The number of hydrogen-bond acceptors (Lipinski definition) is 4. The summed E-state index contributed by atoms with van der Waals surface area (Å²) in [6, 6.07) is -0.337. The van der Waals surface area contributed by atoms with E-state index >= 15 is 0 Å². The van der Waals surface area contributed by atoms with Crippen LogP contribution in [0.2, 0.25) is 0 Å². The summed E-state index contributed by atoms with van der Waals surface area (Å²) < 4.78 is 22.2. The summed E-state index contributed by atoms with van der Waals surface area (Å²) in [5.74, 6) is 0.148. The van der Waals surface area contributed by atoms with Gasteiger partial charge in [-0.15, -0.1) is 0 Å². The van der Waals surface area contributed by atoms with Gasteiger partial charge in [0, 0.05) is 18.2 Å². The van der Waals surface area contributed by atoms with E-state index in [2.05, 4.69) is 5.32 Å². The lowest BCUT2D eigenvalue weighted by molar-refractivity contribution is -0.126. The maximum atomic E-state index is 11.9. The van der Waals surface area contributed by atoms with Crippen molar-refractivity contribution in [1.29, 1.82) is 0 Å². The van der Waals surface area contributed by atoms with Gasteiger partial charge in [-0.25, -0.2) is 8.42 Å². The van der Waals surface area contributed by atoms with Crippen LogP contribution in [0.15, 0.2) is 0 Å². The maximum absolute atomic E-state index is 11.9. The van der Waals surface area contributed by atoms with Crippen molar-refractivity contribution in [3.8, 4) is 0 Å². The molecule has 0 saturated heterocycles. The van der Waals surface area contributed by atoms with Crippen LogP contribution < -0.4 is 11.1 Å². The Morgan fingerprint density at radius 3 is 2.65 bits per heavy atom. The first-order chi connectivity index (χ1) is 7.83. The van der Waals surface area contributed by atoms with E-state index in [9.17, 15) is 13.2 Å². The average Bonchev–Trinajstić information content (AvgIpc) is 2.61. The highest BCUT2D eigenvalue weighted by atomic mass is 32.2. The van der Waals surface area contributed by atoms with E-state index in [4.69, 9.17) is 5.73 Å². The molecule has 1 saturated carbocycles. The molecule has 1 rings (SSSR count). The smallest absolute Gasteiger partial charge is 0.223 e. The Labute approximate surface area is 103 Å². The maximum Gasteiger partial charge on any atom is 0.223 e. The summed E-state index contributed by atoms with van der Waals surface area (Å²) >= 11 is 0. The molecule has 1 aliphatic rings. The molecule has 3 atom stereocenters. The van der Waals surface area contributed by atoms with Gasteiger partial charge in [-0.05, 0) is 32.2 Å². The number of nitrogens with two attached hydrogens (primary N) is 1. The van der Waals surface area contributed by atoms with Crippen LogP contribution in [-0.4, -0.2) is 38.9 Å². The van der Waals surface area contributed by atoms with Crippen molar-refractivity contribution in [3.05, 3.63) is 0 Å². The number of carbonyl (C=O) groups is 1. The fourth-order valence-corrected chi connectivity index (χ4v) is 3.50. The fraction of sp³-hybridized carbons (Fsp3) is 0.909. The van der Waals surface area contributed by atoms with Gasteiger partial charge in [-0.1, -0.05) is 6.42 Å². The quantitative estimate of drug-likeness (QED) is 0.724. The van der Waals surface area contributed by atoms with E-state index in [1.165, 1.54) is 6.26 Å². The molecule has 0 aliphatic heterocycles. The van der Waals surface area contributed by atoms with E-state index < -0.39 is 9.84 Å². The molecule has 0 aromatic carbocycles. The molecule has 17 heavy (non-hydrogen) atoms. The second kappa shape index (κ2) is 5.82. The summed E-state index contributed by atoms with van der Waals surface area (Å²) in [5.41, 5.74) is 5.62. The number of hydrogen-bond donors (Lipinski definition) is 2. The van der Waals surface area contributed by atoms with E-state index in [1.807, 2.05) is 0 Å². The predicted molar refractivity (Wildman–Crippen MR) is 67.2 cm³/mol. The van der Waals surface area contributed by atoms with Gasteiger partial charge in [0.25, 0.3) is 0 Å². The zero-order valence-electron chi connectivity index (χ0n) is 10.5. The lowest BCUT2D eigenvalue weighted by Crippen LogP contribution is -2.42. The van der Waals surface area contributed by atoms with Gasteiger partial charge in [0.1, 0.15) is 9.84 Å². The van der Waals surface area contributed by atoms with Gasteiger partial charge in [0.15, 0.2) is 0 Å². The second-order valence-electron chi connectivity index (χ2n) is 5.04. The van der Waals surface area contributed by atoms with Crippen molar-refractivity contribution in [2.45, 2.75) is 32.2 Å². The zero-order valence-corrected chi connectivity index (χ0v) is 11.3. The first-order valence-electron chi connectivity index (χ1n) is 6.01. The molecule has 0 heterocycles. The van der Waals surface area contributed by atoms with Crippen molar-refractivity contribution >= 4 is 15.7 Å². The van der Waals surface area contributed by atoms with Crippen molar-refractivity contribution in [2.75, 3.05) is 18.6 Å². The van der Waals surface area contributed by atoms with Gasteiger partial charge >= 0.3 is 0 Å². The monoisotopic (exact) mass is 262 g/mol. The number of sulfone groups is 1. The lowest BCUT2D eigenvalue weighted by atomic mass is 9.95. The lowest BCUT2D eigenvalue weighted by Gasteiger charge is -2.20. The van der Waals surface area contributed by atoms with Crippen molar-refractivity contribution in [2.24, 2.45) is 17.6 Å². The van der Waals surface area contributed by atoms with Crippen LogP contribution in [0.4, 0.5) is 0 Å². The topological polar surface area (TPSA) is 89.3 Å². The Bertz CT molecular complexity index is 367. The molecular formula is C11H22N2O3S. The predicted octanol–water partition coefficient (Wildman–Crippen LogP) is -0.0893. The SMILES string of the molecule is CC(CS(C)(=O)=O)NC(=O)[C@@H]1CCC[C@@H]1CN. The molecular weight excluding hydrogens is 240 g/mol. The molecule has 5 nitrogen and oxygen atoms in total. The number of rotatable bonds is 5. The molecule has 1 amide bonds. The molecule has 0 radical (unpaired) electrons. The molecule has 1 unspecified atom stereocenters. The second-order valence-corrected chi connectivity index (χ2v) is 7.22. The van der Waals surface area contributed by atoms with Crippen LogP contribution in [0.25, 0.3) is 0 Å². The molecule has 0 spiro atoms. The Balaban J connectivity index is 2.48. The van der Waals surface area contributed by atoms with Crippen LogP contribution in [0, 0.1) is 11.8 Å². The first kappa shape index (κ1) is 14.4. The van der Waals surface area contributed by atoms with Gasteiger partial charge in [-0.2, -0.15) is 0 Å². The fourth-order valence-electron chi connectivity index (χ4n) is 2.51. The number of carbonyl (C=O) groups excluding carboxylic acids is 1. The van der Waals surface area contributed by atoms with Gasteiger partial charge < -0.3 is 11.1 Å². The van der Waals surface area contributed by atoms with Crippen LogP contribution in [0.3, 0.4) is 0 Å². The molecule has 0 bridgehead atoms. The Morgan fingerprint density at radius 1 is 1.47 bits per heavy atom. The number of amides is 1. The van der Waals surface area contributed by atoms with Crippen molar-refractivity contribution in [1.82, 2.24) is 5.32 Å². The summed E-state index contributed by atoms with van der Waals surface area (Å²) in [4.78, 5) is 11.9. The largest absolute Gasteiger partial charge is 0.352 e. The third kappa shape index (κ3) is 4.63. The molecule has 100 valence electrons. The minimum Gasteiger partial charge on any atom is -0.352 e. The van der Waals surface area contributed by atoms with E-state index in [0.29, 0.717) is 6.54 Å². The van der Waals surface area contributed by atoms with E-state index in [0.717, 1.165) is 19.3 Å². The highest BCUT2D eigenvalue weighted by Gasteiger charge is 2.32. The number of nitrogens with one attached hydrogen (secondary N) is 1.